The molecular weight excluding hydrogens is 328 g/mol. The third-order valence-electron chi connectivity index (χ3n) is 4.77. The number of rotatable bonds is 4. The van der Waals surface area contributed by atoms with Gasteiger partial charge in [-0.2, -0.15) is 0 Å². The van der Waals surface area contributed by atoms with Gasteiger partial charge in [0.25, 0.3) is 0 Å². The van der Waals surface area contributed by atoms with Gasteiger partial charge in [0.05, 0.1) is 18.7 Å². The van der Waals surface area contributed by atoms with Gasteiger partial charge in [0.2, 0.25) is 11.8 Å². The van der Waals surface area contributed by atoms with Crippen molar-refractivity contribution >= 4 is 23.2 Å². The van der Waals surface area contributed by atoms with E-state index in [2.05, 4.69) is 17.4 Å². The normalized spacial score (nSPS) is 16.7. The summed E-state index contributed by atoms with van der Waals surface area (Å²) < 4.78 is 5.27. The van der Waals surface area contributed by atoms with Crippen LogP contribution in [0.3, 0.4) is 0 Å². The molecule has 5 nitrogen and oxygen atoms in total. The fraction of sp³-hybridized carbons (Fsp3) is 0.333. The summed E-state index contributed by atoms with van der Waals surface area (Å²) in [6.45, 7) is 6.44. The van der Waals surface area contributed by atoms with Crippen molar-refractivity contribution in [3.63, 3.8) is 0 Å². The Balaban J connectivity index is 1.79. The maximum absolute atomic E-state index is 12.7. The van der Waals surface area contributed by atoms with E-state index >= 15 is 0 Å². The van der Waals surface area contributed by atoms with Crippen molar-refractivity contribution in [3.8, 4) is 5.75 Å². The largest absolute Gasteiger partial charge is 0.495 e. The number of ether oxygens (including phenoxy) is 1. The Morgan fingerprint density at radius 2 is 1.81 bits per heavy atom. The summed E-state index contributed by atoms with van der Waals surface area (Å²) in [5.74, 6) is 0.0489. The lowest BCUT2D eigenvalue weighted by molar-refractivity contribution is -0.122. The van der Waals surface area contributed by atoms with Crippen molar-refractivity contribution in [2.75, 3.05) is 23.9 Å². The van der Waals surface area contributed by atoms with Crippen molar-refractivity contribution in [1.82, 2.24) is 0 Å². The summed E-state index contributed by atoms with van der Waals surface area (Å²) >= 11 is 0. The zero-order valence-corrected chi connectivity index (χ0v) is 15.6. The standard InChI is InChI=1S/C21H24N2O3/c1-13-9-14(2)20(15(3)10-13)23-12-16(11-19(23)24)21(25)22-17-7-5-6-8-18(17)26-4/h5-10,16H,11-12H2,1-4H3,(H,22,25). The Kier molecular flexibility index (Phi) is 4.98. The zero-order valence-electron chi connectivity index (χ0n) is 15.6. The van der Waals surface area contributed by atoms with E-state index in [1.807, 2.05) is 32.9 Å². The Morgan fingerprint density at radius 3 is 2.46 bits per heavy atom. The minimum atomic E-state index is -0.382. The summed E-state index contributed by atoms with van der Waals surface area (Å²) in [5.41, 5.74) is 4.82. The lowest BCUT2D eigenvalue weighted by atomic mass is 10.0. The Hall–Kier alpha value is -2.82. The smallest absolute Gasteiger partial charge is 0.229 e. The van der Waals surface area contributed by atoms with Gasteiger partial charge in [-0.15, -0.1) is 0 Å². The molecule has 1 aliphatic rings. The number of hydrogen-bond donors (Lipinski definition) is 1. The van der Waals surface area contributed by atoms with E-state index in [9.17, 15) is 9.59 Å². The molecule has 136 valence electrons. The Morgan fingerprint density at radius 1 is 1.15 bits per heavy atom. The van der Waals surface area contributed by atoms with E-state index in [0.29, 0.717) is 18.0 Å². The monoisotopic (exact) mass is 352 g/mol. The summed E-state index contributed by atoms with van der Waals surface area (Å²) in [4.78, 5) is 27.0. The molecule has 0 bridgehead atoms. The summed E-state index contributed by atoms with van der Waals surface area (Å²) in [6.07, 6.45) is 0.216. The second-order valence-electron chi connectivity index (χ2n) is 6.84. The van der Waals surface area contributed by atoms with Crippen LogP contribution in [0, 0.1) is 26.7 Å². The van der Waals surface area contributed by atoms with Crippen LogP contribution in [0.4, 0.5) is 11.4 Å². The number of carbonyl (C=O) groups excluding carboxylic acids is 2. The number of carbonyl (C=O) groups is 2. The van der Waals surface area contributed by atoms with E-state index in [1.165, 1.54) is 5.56 Å². The Labute approximate surface area is 154 Å². The molecule has 0 saturated carbocycles. The minimum Gasteiger partial charge on any atom is -0.495 e. The van der Waals surface area contributed by atoms with Crippen LogP contribution in [-0.4, -0.2) is 25.5 Å². The van der Waals surface area contributed by atoms with E-state index in [0.717, 1.165) is 16.8 Å². The van der Waals surface area contributed by atoms with Crippen molar-refractivity contribution in [2.24, 2.45) is 5.92 Å². The first-order chi connectivity index (χ1) is 12.4. The van der Waals surface area contributed by atoms with Crippen LogP contribution in [-0.2, 0) is 9.59 Å². The van der Waals surface area contributed by atoms with Gasteiger partial charge in [0.15, 0.2) is 0 Å². The quantitative estimate of drug-likeness (QED) is 0.914. The van der Waals surface area contributed by atoms with Crippen molar-refractivity contribution < 1.29 is 14.3 Å². The third-order valence-corrected chi connectivity index (χ3v) is 4.77. The molecule has 3 rings (SSSR count). The SMILES string of the molecule is COc1ccccc1NC(=O)C1CC(=O)N(c2c(C)cc(C)cc2C)C1. The summed E-state index contributed by atoms with van der Waals surface area (Å²) in [7, 11) is 1.56. The predicted octanol–water partition coefficient (Wildman–Crippen LogP) is 3.61. The third kappa shape index (κ3) is 3.43. The van der Waals surface area contributed by atoms with Gasteiger partial charge in [-0.25, -0.2) is 0 Å². The van der Waals surface area contributed by atoms with Crippen LogP contribution in [0.25, 0.3) is 0 Å². The number of benzene rings is 2. The average Bonchev–Trinajstić information content (AvgIpc) is 2.96. The maximum Gasteiger partial charge on any atom is 0.229 e. The number of para-hydroxylation sites is 2. The van der Waals surface area contributed by atoms with Gasteiger partial charge in [0, 0.05) is 18.7 Å². The van der Waals surface area contributed by atoms with Gasteiger partial charge in [-0.05, 0) is 44.0 Å². The fourth-order valence-electron chi connectivity index (χ4n) is 3.68. The van der Waals surface area contributed by atoms with Crippen molar-refractivity contribution in [1.29, 1.82) is 0 Å². The highest BCUT2D eigenvalue weighted by Crippen LogP contribution is 2.32. The van der Waals surface area contributed by atoms with Gasteiger partial charge in [-0.3, -0.25) is 9.59 Å². The van der Waals surface area contributed by atoms with E-state index in [1.54, 1.807) is 24.1 Å². The van der Waals surface area contributed by atoms with E-state index < -0.39 is 0 Å². The van der Waals surface area contributed by atoms with Crippen molar-refractivity contribution in [2.45, 2.75) is 27.2 Å². The molecule has 5 heteroatoms. The number of aryl methyl sites for hydroxylation is 3. The number of nitrogens with zero attached hydrogens (tertiary/aromatic N) is 1. The van der Waals surface area contributed by atoms with E-state index in [-0.39, 0.29) is 24.2 Å². The zero-order chi connectivity index (χ0) is 18.8. The second kappa shape index (κ2) is 7.20. The lowest BCUT2D eigenvalue weighted by Crippen LogP contribution is -2.29. The number of amides is 2. The highest BCUT2D eigenvalue weighted by Gasteiger charge is 2.36. The van der Waals surface area contributed by atoms with Crippen LogP contribution >= 0.6 is 0 Å². The van der Waals surface area contributed by atoms with Gasteiger partial charge in [-0.1, -0.05) is 29.8 Å². The molecule has 0 radical (unpaired) electrons. The molecule has 2 amide bonds. The summed E-state index contributed by atoms with van der Waals surface area (Å²) in [6, 6.07) is 11.4. The van der Waals surface area contributed by atoms with Crippen LogP contribution in [0.2, 0.25) is 0 Å². The number of methoxy groups -OCH3 is 1. The van der Waals surface area contributed by atoms with Crippen LogP contribution in [0.5, 0.6) is 5.75 Å². The molecule has 0 spiro atoms. The van der Waals surface area contributed by atoms with Gasteiger partial charge >= 0.3 is 0 Å². The molecule has 1 fully saturated rings. The Bertz CT molecular complexity index is 837. The van der Waals surface area contributed by atoms with Crippen LogP contribution in [0.1, 0.15) is 23.1 Å². The molecule has 0 aliphatic carbocycles. The van der Waals surface area contributed by atoms with Crippen LogP contribution in [0.15, 0.2) is 36.4 Å². The molecule has 1 heterocycles. The molecule has 1 saturated heterocycles. The minimum absolute atomic E-state index is 0.0137. The highest BCUT2D eigenvalue weighted by atomic mass is 16.5. The summed E-state index contributed by atoms with van der Waals surface area (Å²) in [5, 5.41) is 2.89. The molecule has 2 aromatic carbocycles. The molecule has 26 heavy (non-hydrogen) atoms. The first-order valence-electron chi connectivity index (χ1n) is 8.72. The van der Waals surface area contributed by atoms with E-state index in [4.69, 9.17) is 4.74 Å². The van der Waals surface area contributed by atoms with Gasteiger partial charge in [0.1, 0.15) is 5.75 Å². The number of nitrogens with one attached hydrogen (secondary N) is 1. The predicted molar refractivity (Wildman–Crippen MR) is 103 cm³/mol. The van der Waals surface area contributed by atoms with Crippen molar-refractivity contribution in [3.05, 3.63) is 53.1 Å². The molecule has 0 aromatic heterocycles. The highest BCUT2D eigenvalue weighted by molar-refractivity contribution is 6.04. The maximum atomic E-state index is 12.7. The molecular formula is C21H24N2O3. The first-order valence-corrected chi connectivity index (χ1v) is 8.72. The number of hydrogen-bond acceptors (Lipinski definition) is 3. The lowest BCUT2D eigenvalue weighted by Gasteiger charge is -2.22. The molecule has 1 atom stereocenters. The second-order valence-corrected chi connectivity index (χ2v) is 6.84. The van der Waals surface area contributed by atoms with Crippen LogP contribution < -0.4 is 15.0 Å². The molecule has 1 aliphatic heterocycles. The molecule has 1 unspecified atom stereocenters. The molecule has 2 aromatic rings. The molecule has 1 N–H and O–H groups in total. The fourth-order valence-corrected chi connectivity index (χ4v) is 3.68. The average molecular weight is 352 g/mol. The topological polar surface area (TPSA) is 58.6 Å². The van der Waals surface area contributed by atoms with Gasteiger partial charge < -0.3 is 15.0 Å². The first kappa shape index (κ1) is 18.0. The number of anilines is 2.